The molecule has 1 heterocycles. The minimum absolute atomic E-state index is 0.0191. The molecule has 37 heavy (non-hydrogen) atoms. The van der Waals surface area contributed by atoms with Gasteiger partial charge in [-0.3, -0.25) is 14.5 Å². The lowest BCUT2D eigenvalue weighted by molar-refractivity contribution is -0.132. The van der Waals surface area contributed by atoms with Crippen molar-refractivity contribution >= 4 is 23.1 Å². The molecule has 1 unspecified atom stereocenters. The van der Waals surface area contributed by atoms with Crippen LogP contribution in [0.25, 0.3) is 5.76 Å². The third-order valence-electron chi connectivity index (χ3n) is 6.38. The number of aryl methyl sites for hydroxylation is 3. The minimum Gasteiger partial charge on any atom is -0.507 e. The van der Waals surface area contributed by atoms with Gasteiger partial charge in [-0.1, -0.05) is 44.2 Å². The number of aliphatic hydroxyl groups is 1. The number of nitrogens with zero attached hydrogens (tertiary/aromatic N) is 1. The number of hydrogen-bond acceptors (Lipinski definition) is 5. The average molecular weight is 500 g/mol. The SMILES string of the molecule is COc1c(C)cc(C)cc1/C(O)=C1\C(=O)C(=O)N(c2cccc(C)c2)C1c1ccc(OCC(C)C)cc1. The van der Waals surface area contributed by atoms with Crippen LogP contribution in [0.15, 0.2) is 66.2 Å². The first kappa shape index (κ1) is 26.0. The maximum absolute atomic E-state index is 13.5. The van der Waals surface area contributed by atoms with Gasteiger partial charge in [0.2, 0.25) is 0 Å². The molecule has 1 fully saturated rings. The van der Waals surface area contributed by atoms with Crippen molar-refractivity contribution in [2.24, 2.45) is 5.92 Å². The largest absolute Gasteiger partial charge is 0.507 e. The summed E-state index contributed by atoms with van der Waals surface area (Å²) in [6.07, 6.45) is 0. The van der Waals surface area contributed by atoms with E-state index in [1.165, 1.54) is 12.0 Å². The molecular formula is C31H33NO5. The van der Waals surface area contributed by atoms with Crippen molar-refractivity contribution in [2.75, 3.05) is 18.6 Å². The molecule has 1 amide bonds. The van der Waals surface area contributed by atoms with Gasteiger partial charge in [-0.05, 0) is 79.3 Å². The zero-order valence-corrected chi connectivity index (χ0v) is 22.2. The molecule has 0 radical (unpaired) electrons. The van der Waals surface area contributed by atoms with E-state index < -0.39 is 17.7 Å². The monoisotopic (exact) mass is 499 g/mol. The van der Waals surface area contributed by atoms with E-state index in [0.717, 1.165) is 16.7 Å². The Kier molecular flexibility index (Phi) is 7.39. The quantitative estimate of drug-likeness (QED) is 0.235. The molecule has 1 saturated heterocycles. The van der Waals surface area contributed by atoms with Crippen LogP contribution >= 0.6 is 0 Å². The highest BCUT2D eigenvalue weighted by molar-refractivity contribution is 6.51. The number of ketones is 1. The Bertz CT molecular complexity index is 1370. The van der Waals surface area contributed by atoms with Crippen LogP contribution < -0.4 is 14.4 Å². The van der Waals surface area contributed by atoms with E-state index >= 15 is 0 Å². The predicted octanol–water partition coefficient (Wildman–Crippen LogP) is 6.28. The molecule has 0 bridgehead atoms. The molecule has 1 aliphatic heterocycles. The summed E-state index contributed by atoms with van der Waals surface area (Å²) >= 11 is 0. The number of aliphatic hydroxyl groups excluding tert-OH is 1. The number of ether oxygens (including phenoxy) is 2. The molecule has 1 atom stereocenters. The zero-order valence-electron chi connectivity index (χ0n) is 22.2. The second kappa shape index (κ2) is 10.5. The Hall–Kier alpha value is -4.06. The molecule has 192 valence electrons. The average Bonchev–Trinajstić information content (AvgIpc) is 3.12. The van der Waals surface area contributed by atoms with Crippen LogP contribution in [0.1, 0.15) is 47.7 Å². The van der Waals surface area contributed by atoms with Crippen LogP contribution in [-0.2, 0) is 9.59 Å². The molecule has 0 aliphatic carbocycles. The van der Waals surface area contributed by atoms with E-state index in [1.54, 1.807) is 12.1 Å². The van der Waals surface area contributed by atoms with Crippen molar-refractivity contribution in [3.8, 4) is 11.5 Å². The summed E-state index contributed by atoms with van der Waals surface area (Å²) in [4.78, 5) is 28.4. The standard InChI is InChI=1S/C31H33NO5/c1-18(2)17-37-24-12-10-22(11-13-24)27-26(28(33)25-16-20(4)14-21(5)30(25)36-6)29(34)31(35)32(27)23-9-7-8-19(3)15-23/h7-16,18,27,33H,17H2,1-6H3/b28-26+. The Balaban J connectivity index is 1.92. The molecule has 6 nitrogen and oxygen atoms in total. The van der Waals surface area contributed by atoms with Gasteiger partial charge in [-0.15, -0.1) is 0 Å². The van der Waals surface area contributed by atoms with Crippen LogP contribution in [0.3, 0.4) is 0 Å². The van der Waals surface area contributed by atoms with Crippen molar-refractivity contribution in [1.82, 2.24) is 0 Å². The van der Waals surface area contributed by atoms with E-state index in [0.29, 0.717) is 40.8 Å². The number of amides is 1. The summed E-state index contributed by atoms with van der Waals surface area (Å²) in [6.45, 7) is 10.4. The molecule has 6 heteroatoms. The summed E-state index contributed by atoms with van der Waals surface area (Å²) in [5.74, 6) is -0.170. The summed E-state index contributed by atoms with van der Waals surface area (Å²) in [7, 11) is 1.52. The molecule has 0 spiro atoms. The van der Waals surface area contributed by atoms with Crippen molar-refractivity contribution in [3.05, 3.63) is 94.1 Å². The lowest BCUT2D eigenvalue weighted by Gasteiger charge is -2.26. The summed E-state index contributed by atoms with van der Waals surface area (Å²) in [5, 5.41) is 11.6. The molecule has 0 saturated carbocycles. The molecular weight excluding hydrogens is 466 g/mol. The number of benzene rings is 3. The molecule has 4 rings (SSSR count). The summed E-state index contributed by atoms with van der Waals surface area (Å²) in [5.41, 5.74) is 4.33. The lowest BCUT2D eigenvalue weighted by atomic mass is 9.93. The Labute approximate surface area is 218 Å². The van der Waals surface area contributed by atoms with Gasteiger partial charge in [-0.25, -0.2) is 0 Å². The first-order chi connectivity index (χ1) is 17.6. The number of carbonyl (C=O) groups is 2. The van der Waals surface area contributed by atoms with Crippen molar-refractivity contribution in [3.63, 3.8) is 0 Å². The van der Waals surface area contributed by atoms with E-state index in [2.05, 4.69) is 13.8 Å². The highest BCUT2D eigenvalue weighted by Gasteiger charge is 2.47. The first-order valence-corrected chi connectivity index (χ1v) is 12.4. The number of carbonyl (C=O) groups excluding carboxylic acids is 2. The second-order valence-electron chi connectivity index (χ2n) is 9.94. The zero-order chi connectivity index (χ0) is 26.9. The summed E-state index contributed by atoms with van der Waals surface area (Å²) in [6, 6.07) is 17.6. The summed E-state index contributed by atoms with van der Waals surface area (Å²) < 4.78 is 11.4. The van der Waals surface area contributed by atoms with Crippen LogP contribution in [0.2, 0.25) is 0 Å². The van der Waals surface area contributed by atoms with Gasteiger partial charge >= 0.3 is 0 Å². The van der Waals surface area contributed by atoms with Crippen molar-refractivity contribution < 1.29 is 24.2 Å². The van der Waals surface area contributed by atoms with Crippen LogP contribution in [0, 0.1) is 26.7 Å². The smallest absolute Gasteiger partial charge is 0.300 e. The molecule has 3 aromatic rings. The van der Waals surface area contributed by atoms with Gasteiger partial charge < -0.3 is 14.6 Å². The molecule has 1 aliphatic rings. The van der Waals surface area contributed by atoms with Gasteiger partial charge in [-0.2, -0.15) is 0 Å². The number of anilines is 1. The number of methoxy groups -OCH3 is 1. The van der Waals surface area contributed by atoms with Crippen LogP contribution in [0.5, 0.6) is 11.5 Å². The fourth-order valence-electron chi connectivity index (χ4n) is 4.75. The second-order valence-corrected chi connectivity index (χ2v) is 9.94. The maximum atomic E-state index is 13.5. The van der Waals surface area contributed by atoms with E-state index in [9.17, 15) is 14.7 Å². The lowest BCUT2D eigenvalue weighted by Crippen LogP contribution is -2.29. The van der Waals surface area contributed by atoms with Gasteiger partial charge in [0, 0.05) is 5.69 Å². The fraction of sp³-hybridized carbons (Fsp3) is 0.290. The normalized spacial score (nSPS) is 16.9. The third kappa shape index (κ3) is 5.10. The fourth-order valence-corrected chi connectivity index (χ4v) is 4.75. The van der Waals surface area contributed by atoms with E-state index in [-0.39, 0.29) is 11.3 Å². The highest BCUT2D eigenvalue weighted by atomic mass is 16.5. The minimum atomic E-state index is -0.827. The van der Waals surface area contributed by atoms with E-state index in [1.807, 2.05) is 69.3 Å². The van der Waals surface area contributed by atoms with Crippen LogP contribution in [0.4, 0.5) is 5.69 Å². The molecule has 0 aromatic heterocycles. The van der Waals surface area contributed by atoms with Crippen molar-refractivity contribution in [2.45, 2.75) is 40.7 Å². The predicted molar refractivity (Wildman–Crippen MR) is 145 cm³/mol. The topological polar surface area (TPSA) is 76.1 Å². The van der Waals surface area contributed by atoms with Gasteiger partial charge in [0.1, 0.15) is 17.3 Å². The Morgan fingerprint density at radius 1 is 0.973 bits per heavy atom. The highest BCUT2D eigenvalue weighted by Crippen LogP contribution is 2.44. The number of hydrogen-bond donors (Lipinski definition) is 1. The van der Waals surface area contributed by atoms with Crippen molar-refractivity contribution in [1.29, 1.82) is 0 Å². The number of Topliss-reactive ketones (excluding diaryl/α,β-unsaturated/α-hetero) is 1. The molecule has 3 aromatic carbocycles. The number of rotatable bonds is 7. The maximum Gasteiger partial charge on any atom is 0.300 e. The first-order valence-electron chi connectivity index (χ1n) is 12.4. The van der Waals surface area contributed by atoms with Gasteiger partial charge in [0.15, 0.2) is 0 Å². The Morgan fingerprint density at radius 3 is 2.30 bits per heavy atom. The third-order valence-corrected chi connectivity index (χ3v) is 6.38. The van der Waals surface area contributed by atoms with Gasteiger partial charge in [0.05, 0.1) is 30.9 Å². The van der Waals surface area contributed by atoms with Crippen LogP contribution in [-0.4, -0.2) is 30.5 Å². The molecule has 1 N–H and O–H groups in total. The van der Waals surface area contributed by atoms with E-state index in [4.69, 9.17) is 9.47 Å². The Morgan fingerprint density at radius 2 is 1.68 bits per heavy atom. The van der Waals surface area contributed by atoms with Gasteiger partial charge in [0.25, 0.3) is 11.7 Å².